The summed E-state index contributed by atoms with van der Waals surface area (Å²) in [7, 11) is 0. The first kappa shape index (κ1) is 14.9. The lowest BCUT2D eigenvalue weighted by atomic mass is 9.87. The van der Waals surface area contributed by atoms with Crippen molar-refractivity contribution in [3.8, 4) is 0 Å². The minimum Gasteiger partial charge on any atom is -0.348 e. The van der Waals surface area contributed by atoms with E-state index in [0.29, 0.717) is 13.0 Å². The van der Waals surface area contributed by atoms with Gasteiger partial charge in [-0.3, -0.25) is 4.79 Å². The van der Waals surface area contributed by atoms with Crippen LogP contribution in [-0.4, -0.2) is 43.4 Å². The Hall–Kier alpha value is -1.69. The van der Waals surface area contributed by atoms with Crippen LogP contribution in [0.15, 0.2) is 30.9 Å². The molecule has 1 N–H and O–H groups in total. The molecule has 0 saturated carbocycles. The van der Waals surface area contributed by atoms with Crippen LogP contribution in [0.2, 0.25) is 0 Å². The largest absolute Gasteiger partial charge is 0.348 e. The number of fused-ring (bicyclic) bond motifs is 1. The summed E-state index contributed by atoms with van der Waals surface area (Å²) >= 11 is 2.00. The van der Waals surface area contributed by atoms with Crippen LogP contribution in [0.25, 0.3) is 0 Å². The molecule has 0 bridgehead atoms. The van der Waals surface area contributed by atoms with Crippen LogP contribution in [-0.2, 0) is 23.3 Å². The molecule has 0 atom stereocenters. The number of carbonyl (C=O) groups excluding carboxylic acids is 1. The molecule has 1 amide bonds. The number of rotatable bonds is 3. The summed E-state index contributed by atoms with van der Waals surface area (Å²) in [6, 6.07) is 4.12. The van der Waals surface area contributed by atoms with Gasteiger partial charge in [0.05, 0.1) is 36.2 Å². The van der Waals surface area contributed by atoms with Crippen molar-refractivity contribution in [2.75, 3.05) is 18.1 Å². The highest BCUT2D eigenvalue weighted by molar-refractivity contribution is 7.99. The van der Waals surface area contributed by atoms with E-state index in [4.69, 9.17) is 0 Å². The first-order valence-corrected chi connectivity index (χ1v) is 9.42. The summed E-state index contributed by atoms with van der Waals surface area (Å²) in [4.78, 5) is 22.5. The normalized spacial score (nSPS) is 20.3. The van der Waals surface area contributed by atoms with E-state index in [2.05, 4.69) is 39.1 Å². The molecule has 2 aliphatic rings. The van der Waals surface area contributed by atoms with Crippen molar-refractivity contribution in [2.24, 2.45) is 0 Å². The van der Waals surface area contributed by atoms with Gasteiger partial charge in [-0.15, -0.1) is 0 Å². The predicted octanol–water partition coefficient (Wildman–Crippen LogP) is 2.41. The van der Waals surface area contributed by atoms with E-state index >= 15 is 0 Å². The Bertz CT molecular complexity index is 673. The lowest BCUT2D eigenvalue weighted by Crippen LogP contribution is -2.44. The smallest absolute Gasteiger partial charge is 0.225 e. The van der Waals surface area contributed by atoms with Gasteiger partial charge in [-0.2, -0.15) is 11.8 Å². The van der Waals surface area contributed by atoms with Gasteiger partial charge in [0.1, 0.15) is 0 Å². The number of hydrogen-bond donors (Lipinski definition) is 1. The van der Waals surface area contributed by atoms with Gasteiger partial charge in [-0.05, 0) is 36.5 Å². The zero-order valence-corrected chi connectivity index (χ0v) is 14.0. The summed E-state index contributed by atoms with van der Waals surface area (Å²) in [5, 5.41) is 0. The van der Waals surface area contributed by atoms with E-state index < -0.39 is 0 Å². The molecule has 23 heavy (non-hydrogen) atoms. The van der Waals surface area contributed by atoms with E-state index in [9.17, 15) is 4.79 Å². The summed E-state index contributed by atoms with van der Waals surface area (Å²) in [6.45, 7) is 1.46. The number of H-pyrrole nitrogens is 1. The maximum atomic E-state index is 13.0. The lowest BCUT2D eigenvalue weighted by molar-refractivity contribution is -0.134. The standard InChI is InChI=1S/C17H22N4OS/c22-16(20-8-3-14-15(12-20)19-13-18-14)11-17(4-9-23-10-5-17)21-6-1-2-7-21/h1-2,6-7,13H,3-5,8-12H2,(H,18,19). The van der Waals surface area contributed by atoms with Crippen molar-refractivity contribution in [3.63, 3.8) is 0 Å². The number of amides is 1. The average Bonchev–Trinajstić information content (AvgIpc) is 3.26. The quantitative estimate of drug-likeness (QED) is 0.940. The maximum Gasteiger partial charge on any atom is 0.225 e. The fourth-order valence-electron chi connectivity index (χ4n) is 3.75. The van der Waals surface area contributed by atoms with E-state index in [1.54, 1.807) is 6.33 Å². The van der Waals surface area contributed by atoms with Crippen LogP contribution < -0.4 is 0 Å². The van der Waals surface area contributed by atoms with Crippen LogP contribution >= 0.6 is 11.8 Å². The summed E-state index contributed by atoms with van der Waals surface area (Å²) < 4.78 is 2.27. The van der Waals surface area contributed by atoms with E-state index in [1.165, 1.54) is 0 Å². The van der Waals surface area contributed by atoms with Gasteiger partial charge < -0.3 is 14.5 Å². The number of nitrogens with one attached hydrogen (secondary N) is 1. The van der Waals surface area contributed by atoms with Gasteiger partial charge in [0.2, 0.25) is 5.91 Å². The number of aromatic amines is 1. The molecule has 6 heteroatoms. The first-order chi connectivity index (χ1) is 11.3. The monoisotopic (exact) mass is 330 g/mol. The molecule has 4 heterocycles. The maximum absolute atomic E-state index is 13.0. The summed E-state index contributed by atoms with van der Waals surface area (Å²) in [5.74, 6) is 2.54. The number of carbonyl (C=O) groups is 1. The van der Waals surface area contributed by atoms with Crippen LogP contribution in [0, 0.1) is 0 Å². The minimum absolute atomic E-state index is 0.0416. The molecule has 2 aromatic heterocycles. The van der Waals surface area contributed by atoms with Crippen molar-refractivity contribution >= 4 is 17.7 Å². The molecular weight excluding hydrogens is 308 g/mol. The highest BCUT2D eigenvalue weighted by atomic mass is 32.2. The Morgan fingerprint density at radius 1 is 1.30 bits per heavy atom. The van der Waals surface area contributed by atoms with Crippen molar-refractivity contribution in [1.82, 2.24) is 19.4 Å². The van der Waals surface area contributed by atoms with Gasteiger partial charge in [-0.1, -0.05) is 0 Å². The highest BCUT2D eigenvalue weighted by Crippen LogP contribution is 2.37. The number of nitrogens with zero attached hydrogens (tertiary/aromatic N) is 3. The van der Waals surface area contributed by atoms with Crippen LogP contribution in [0.1, 0.15) is 30.7 Å². The lowest BCUT2D eigenvalue weighted by Gasteiger charge is -2.40. The van der Waals surface area contributed by atoms with E-state index in [-0.39, 0.29) is 11.4 Å². The molecular formula is C17H22N4OS. The number of imidazole rings is 1. The second kappa shape index (κ2) is 6.07. The molecule has 4 rings (SSSR count). The van der Waals surface area contributed by atoms with E-state index in [1.807, 2.05) is 16.7 Å². The molecule has 5 nitrogen and oxygen atoms in total. The fourth-order valence-corrected chi connectivity index (χ4v) is 5.00. The van der Waals surface area contributed by atoms with Gasteiger partial charge in [0.15, 0.2) is 0 Å². The van der Waals surface area contributed by atoms with Crippen LogP contribution in [0.4, 0.5) is 0 Å². The van der Waals surface area contributed by atoms with Gasteiger partial charge >= 0.3 is 0 Å². The number of hydrogen-bond acceptors (Lipinski definition) is 3. The predicted molar refractivity (Wildman–Crippen MR) is 91.3 cm³/mol. The molecule has 0 unspecified atom stereocenters. The summed E-state index contributed by atoms with van der Waals surface area (Å²) in [6.07, 6.45) is 9.57. The SMILES string of the molecule is O=C(CC1(n2cccc2)CCSCC1)N1CCc2nc[nH]c2C1. The Balaban J connectivity index is 1.52. The molecule has 0 spiro atoms. The third-order valence-electron chi connectivity index (χ3n) is 5.18. The molecule has 0 aliphatic carbocycles. The molecule has 2 aromatic rings. The molecule has 122 valence electrons. The molecule has 0 aromatic carbocycles. The topological polar surface area (TPSA) is 53.9 Å². The molecule has 0 radical (unpaired) electrons. The zero-order chi connectivity index (χ0) is 15.7. The molecule has 1 saturated heterocycles. The molecule has 2 aliphatic heterocycles. The third kappa shape index (κ3) is 2.80. The minimum atomic E-state index is -0.0416. The van der Waals surface area contributed by atoms with Crippen LogP contribution in [0.3, 0.4) is 0 Å². The van der Waals surface area contributed by atoms with Crippen molar-refractivity contribution in [1.29, 1.82) is 0 Å². The third-order valence-corrected chi connectivity index (χ3v) is 6.17. The second-order valence-electron chi connectivity index (χ2n) is 6.50. The number of aromatic nitrogens is 3. The van der Waals surface area contributed by atoms with E-state index in [0.717, 1.165) is 48.7 Å². The van der Waals surface area contributed by atoms with Gasteiger partial charge in [-0.25, -0.2) is 4.98 Å². The van der Waals surface area contributed by atoms with Crippen LogP contribution in [0.5, 0.6) is 0 Å². The second-order valence-corrected chi connectivity index (χ2v) is 7.72. The Labute approximate surface area is 140 Å². The summed E-state index contributed by atoms with van der Waals surface area (Å²) in [5.41, 5.74) is 2.17. The van der Waals surface area contributed by atoms with Crippen molar-refractivity contribution < 1.29 is 4.79 Å². The van der Waals surface area contributed by atoms with Crippen molar-refractivity contribution in [2.45, 2.75) is 37.8 Å². The van der Waals surface area contributed by atoms with Gasteiger partial charge in [0, 0.05) is 25.4 Å². The number of thioether (sulfide) groups is 1. The zero-order valence-electron chi connectivity index (χ0n) is 13.2. The fraction of sp³-hybridized carbons (Fsp3) is 0.529. The van der Waals surface area contributed by atoms with Gasteiger partial charge in [0.25, 0.3) is 0 Å². The molecule has 1 fully saturated rings. The average molecular weight is 330 g/mol. The van der Waals surface area contributed by atoms with Crippen molar-refractivity contribution in [3.05, 3.63) is 42.2 Å². The Morgan fingerprint density at radius 3 is 2.87 bits per heavy atom. The Kier molecular flexibility index (Phi) is 3.93. The first-order valence-electron chi connectivity index (χ1n) is 8.27. The Morgan fingerprint density at radius 2 is 2.09 bits per heavy atom. The highest BCUT2D eigenvalue weighted by Gasteiger charge is 2.37.